The van der Waals surface area contributed by atoms with Gasteiger partial charge in [-0.25, -0.2) is 0 Å². The zero-order valence-corrected chi connectivity index (χ0v) is 9.13. The van der Waals surface area contributed by atoms with Crippen LogP contribution in [0.3, 0.4) is 0 Å². The maximum Gasteiger partial charge on any atom is 0.179 e. The second-order valence-corrected chi connectivity index (χ2v) is 4.66. The molecule has 3 rings (SSSR count). The van der Waals surface area contributed by atoms with E-state index in [4.69, 9.17) is 5.73 Å². The van der Waals surface area contributed by atoms with Gasteiger partial charge in [0, 0.05) is 18.8 Å². The molecule has 0 aromatic carbocycles. The van der Waals surface area contributed by atoms with E-state index < -0.39 is 0 Å². The highest BCUT2D eigenvalue weighted by Gasteiger charge is 2.36. The molecule has 1 aliphatic carbocycles. The minimum absolute atomic E-state index is 0.270. The highest BCUT2D eigenvalue weighted by molar-refractivity contribution is 5.33. The molecule has 0 radical (unpaired) electrons. The van der Waals surface area contributed by atoms with Gasteiger partial charge >= 0.3 is 0 Å². The predicted octanol–water partition coefficient (Wildman–Crippen LogP) is 0.796. The van der Waals surface area contributed by atoms with Crippen molar-refractivity contribution in [3.8, 4) is 0 Å². The molecule has 2 aromatic rings. The fraction of sp³-hybridized carbons (Fsp3) is 0.545. The van der Waals surface area contributed by atoms with Crippen molar-refractivity contribution in [2.75, 3.05) is 6.54 Å². The summed E-state index contributed by atoms with van der Waals surface area (Å²) >= 11 is 0. The summed E-state index contributed by atoms with van der Waals surface area (Å²) in [5, 5.41) is 8.33. The lowest BCUT2D eigenvalue weighted by atomic mass is 9.66. The third-order valence-corrected chi connectivity index (χ3v) is 3.66. The summed E-state index contributed by atoms with van der Waals surface area (Å²) in [6.45, 7) is 0.743. The molecule has 5 nitrogen and oxygen atoms in total. The van der Waals surface area contributed by atoms with Crippen LogP contribution in [0.15, 0.2) is 18.6 Å². The van der Waals surface area contributed by atoms with Crippen LogP contribution in [0.4, 0.5) is 0 Å². The minimum atomic E-state index is 0.270. The number of rotatable bonds is 3. The molecule has 0 spiro atoms. The molecule has 0 aliphatic heterocycles. The fourth-order valence-electron chi connectivity index (χ4n) is 2.39. The van der Waals surface area contributed by atoms with Crippen LogP contribution in [0.5, 0.6) is 0 Å². The molecular weight excluding hydrogens is 202 g/mol. The van der Waals surface area contributed by atoms with Gasteiger partial charge in [0.1, 0.15) is 5.82 Å². The monoisotopic (exact) mass is 217 g/mol. The Balaban J connectivity index is 1.94. The van der Waals surface area contributed by atoms with Gasteiger partial charge in [-0.15, -0.1) is 10.2 Å². The summed E-state index contributed by atoms with van der Waals surface area (Å²) in [4.78, 5) is 4.03. The van der Waals surface area contributed by atoms with Crippen molar-refractivity contribution < 1.29 is 0 Å². The Morgan fingerprint density at radius 1 is 1.38 bits per heavy atom. The Labute approximate surface area is 93.7 Å². The molecule has 5 heteroatoms. The molecule has 1 saturated carbocycles. The lowest BCUT2D eigenvalue weighted by Gasteiger charge is -2.40. The predicted molar refractivity (Wildman–Crippen MR) is 59.8 cm³/mol. The lowest BCUT2D eigenvalue weighted by molar-refractivity contribution is 0.141. The van der Waals surface area contributed by atoms with Crippen LogP contribution in [0.1, 0.15) is 25.1 Å². The molecular formula is C11H15N5. The van der Waals surface area contributed by atoms with Crippen molar-refractivity contribution in [3.63, 3.8) is 0 Å². The van der Waals surface area contributed by atoms with E-state index in [0.717, 1.165) is 24.4 Å². The maximum absolute atomic E-state index is 5.86. The number of hydrogen-bond donors (Lipinski definition) is 1. The van der Waals surface area contributed by atoms with Gasteiger partial charge in [0.15, 0.2) is 5.65 Å². The van der Waals surface area contributed by atoms with Crippen LogP contribution in [0, 0.1) is 5.41 Å². The van der Waals surface area contributed by atoms with E-state index in [1.54, 1.807) is 12.4 Å². The Bertz CT molecular complexity index is 494. The first kappa shape index (κ1) is 9.72. The summed E-state index contributed by atoms with van der Waals surface area (Å²) in [6.07, 6.45) is 10.0. The van der Waals surface area contributed by atoms with Crippen molar-refractivity contribution in [3.05, 3.63) is 24.4 Å². The molecule has 0 amide bonds. The summed E-state index contributed by atoms with van der Waals surface area (Å²) in [5.74, 6) is 1.00. The molecule has 1 fully saturated rings. The zero-order chi connectivity index (χ0) is 11.0. The number of nitrogens with zero attached hydrogens (tertiary/aromatic N) is 4. The Morgan fingerprint density at radius 3 is 2.94 bits per heavy atom. The van der Waals surface area contributed by atoms with Crippen LogP contribution in [0.2, 0.25) is 0 Å². The number of nitrogens with two attached hydrogens (primary N) is 1. The van der Waals surface area contributed by atoms with Gasteiger partial charge in [0.2, 0.25) is 0 Å². The average Bonchev–Trinajstić information content (AvgIpc) is 2.67. The van der Waals surface area contributed by atoms with Gasteiger partial charge in [-0.05, 0) is 24.8 Å². The molecule has 84 valence electrons. The quantitative estimate of drug-likeness (QED) is 0.825. The van der Waals surface area contributed by atoms with Gasteiger partial charge in [-0.1, -0.05) is 6.42 Å². The zero-order valence-electron chi connectivity index (χ0n) is 9.13. The van der Waals surface area contributed by atoms with Gasteiger partial charge in [0.05, 0.1) is 6.20 Å². The van der Waals surface area contributed by atoms with Crippen LogP contribution in [0.25, 0.3) is 5.65 Å². The molecule has 0 atom stereocenters. The van der Waals surface area contributed by atoms with Gasteiger partial charge in [0.25, 0.3) is 0 Å². The Morgan fingerprint density at radius 2 is 2.25 bits per heavy atom. The van der Waals surface area contributed by atoms with E-state index in [2.05, 4.69) is 15.2 Å². The van der Waals surface area contributed by atoms with E-state index in [0.29, 0.717) is 0 Å². The van der Waals surface area contributed by atoms with Crippen molar-refractivity contribution in [1.82, 2.24) is 19.6 Å². The van der Waals surface area contributed by atoms with Crippen LogP contribution < -0.4 is 5.73 Å². The molecule has 1 aliphatic rings. The van der Waals surface area contributed by atoms with Gasteiger partial charge in [-0.3, -0.25) is 9.38 Å². The standard InChI is InChI=1S/C11H15N5/c12-8-11(2-1-3-11)6-9-14-15-10-7-13-4-5-16(9)10/h4-5,7H,1-3,6,8,12H2. The SMILES string of the molecule is NCC1(Cc2nnc3cnccn23)CCC1. The first-order valence-corrected chi connectivity index (χ1v) is 5.67. The summed E-state index contributed by atoms with van der Waals surface area (Å²) in [6, 6.07) is 0. The summed E-state index contributed by atoms with van der Waals surface area (Å²) < 4.78 is 2.00. The summed E-state index contributed by atoms with van der Waals surface area (Å²) in [5.41, 5.74) is 6.94. The van der Waals surface area contributed by atoms with E-state index in [1.165, 1.54) is 19.3 Å². The van der Waals surface area contributed by atoms with E-state index in [-0.39, 0.29) is 5.41 Å². The second-order valence-electron chi connectivity index (χ2n) is 4.66. The van der Waals surface area contributed by atoms with Gasteiger partial charge < -0.3 is 5.73 Å². The third kappa shape index (κ3) is 1.39. The fourth-order valence-corrected chi connectivity index (χ4v) is 2.39. The van der Waals surface area contributed by atoms with E-state index >= 15 is 0 Å². The average molecular weight is 217 g/mol. The Kier molecular flexibility index (Phi) is 2.14. The number of fused-ring (bicyclic) bond motifs is 1. The van der Waals surface area contributed by atoms with Crippen molar-refractivity contribution >= 4 is 5.65 Å². The smallest absolute Gasteiger partial charge is 0.179 e. The highest BCUT2D eigenvalue weighted by Crippen LogP contribution is 2.42. The second kappa shape index (κ2) is 3.52. The minimum Gasteiger partial charge on any atom is -0.330 e. The largest absolute Gasteiger partial charge is 0.330 e. The Hall–Kier alpha value is -1.49. The summed E-state index contributed by atoms with van der Waals surface area (Å²) in [7, 11) is 0. The molecule has 2 aromatic heterocycles. The van der Waals surface area contributed by atoms with E-state index in [1.807, 2.05) is 10.6 Å². The van der Waals surface area contributed by atoms with Crippen LogP contribution >= 0.6 is 0 Å². The molecule has 2 heterocycles. The normalized spacial score (nSPS) is 18.6. The van der Waals surface area contributed by atoms with Crippen LogP contribution in [-0.4, -0.2) is 26.1 Å². The number of hydrogen-bond acceptors (Lipinski definition) is 4. The lowest BCUT2D eigenvalue weighted by Crippen LogP contribution is -2.39. The molecule has 0 bridgehead atoms. The van der Waals surface area contributed by atoms with E-state index in [9.17, 15) is 0 Å². The maximum atomic E-state index is 5.86. The topological polar surface area (TPSA) is 69.1 Å². The highest BCUT2D eigenvalue weighted by atomic mass is 15.2. The van der Waals surface area contributed by atoms with Crippen LogP contribution in [-0.2, 0) is 6.42 Å². The molecule has 0 unspecified atom stereocenters. The van der Waals surface area contributed by atoms with Gasteiger partial charge in [-0.2, -0.15) is 0 Å². The molecule has 0 saturated heterocycles. The van der Waals surface area contributed by atoms with Crippen molar-refractivity contribution in [2.24, 2.45) is 11.1 Å². The first-order valence-electron chi connectivity index (χ1n) is 5.67. The number of aromatic nitrogens is 4. The molecule has 16 heavy (non-hydrogen) atoms. The van der Waals surface area contributed by atoms with Crippen molar-refractivity contribution in [2.45, 2.75) is 25.7 Å². The molecule has 2 N–H and O–H groups in total. The third-order valence-electron chi connectivity index (χ3n) is 3.66. The van der Waals surface area contributed by atoms with Crippen molar-refractivity contribution in [1.29, 1.82) is 0 Å². The first-order chi connectivity index (χ1) is 7.83.